The number of nitrogens with one attached hydrogen (secondary N) is 1. The molecule has 1 aromatic carbocycles. The molecule has 2 heterocycles. The van der Waals surface area contributed by atoms with Crippen LogP contribution in [-0.2, 0) is 22.2 Å². The fourth-order valence-electron chi connectivity index (χ4n) is 3.13. The lowest BCUT2D eigenvalue weighted by Gasteiger charge is -2.15. The number of fused-ring (bicyclic) bond motifs is 1. The lowest BCUT2D eigenvalue weighted by molar-refractivity contribution is 0.414. The van der Waals surface area contributed by atoms with Crippen molar-refractivity contribution in [3.8, 4) is 0 Å². The zero-order chi connectivity index (χ0) is 21.9. The van der Waals surface area contributed by atoms with E-state index in [0.29, 0.717) is 13.1 Å². The van der Waals surface area contributed by atoms with Gasteiger partial charge in [-0.1, -0.05) is 46.6 Å². The molecule has 1 saturated heterocycles. The first-order chi connectivity index (χ1) is 13.9. The van der Waals surface area contributed by atoms with Crippen LogP contribution in [0.4, 0.5) is 0 Å². The topological polar surface area (TPSA) is 56.4 Å². The maximum absolute atomic E-state index is 12.5. The summed E-state index contributed by atoms with van der Waals surface area (Å²) in [5, 5.41) is 1.14. The average Bonchev–Trinajstić information content (AvgIpc) is 3.38. The Labute approximate surface area is 178 Å². The second-order valence-electron chi connectivity index (χ2n) is 7.61. The van der Waals surface area contributed by atoms with Crippen LogP contribution < -0.4 is 0 Å². The number of aromatic nitrogens is 1. The second-order valence-corrected chi connectivity index (χ2v) is 9.58. The van der Waals surface area contributed by atoms with E-state index in [1.807, 2.05) is 38.2 Å². The molecule has 2 aromatic rings. The molecule has 1 aliphatic rings. The summed E-state index contributed by atoms with van der Waals surface area (Å²) >= 11 is 0. The standard InChI is InChI=1S/C17H25N3O2S.C4H10.C2H6/c1-19(2)10-7-15-12-18-17-6-5-14(11-16(15)17)13-23(21,22)20-8-3-4-9-20;1-3-4-2;1-2/h5-6,11-12,18H,3-4,7-10,13H2,1-2H3;3-4H2,1-2H3;1-2H3. The van der Waals surface area contributed by atoms with Crippen molar-refractivity contribution >= 4 is 20.9 Å². The van der Waals surface area contributed by atoms with E-state index in [0.717, 1.165) is 42.3 Å². The molecule has 1 aliphatic heterocycles. The van der Waals surface area contributed by atoms with Gasteiger partial charge in [-0.25, -0.2) is 12.7 Å². The number of hydrogen-bond donors (Lipinski definition) is 1. The van der Waals surface area contributed by atoms with E-state index in [-0.39, 0.29) is 5.75 Å². The molecule has 0 aliphatic carbocycles. The SMILES string of the molecule is CC.CCCC.CN(C)CCc1c[nH]c2ccc(CS(=O)(=O)N3CCCC3)cc12. The highest BCUT2D eigenvalue weighted by Gasteiger charge is 2.25. The van der Waals surface area contributed by atoms with E-state index in [9.17, 15) is 8.42 Å². The van der Waals surface area contributed by atoms with Crippen LogP contribution in [0.2, 0.25) is 0 Å². The van der Waals surface area contributed by atoms with Gasteiger partial charge in [0, 0.05) is 36.7 Å². The third-order valence-electron chi connectivity index (χ3n) is 4.97. The van der Waals surface area contributed by atoms with Gasteiger partial charge in [-0.2, -0.15) is 0 Å². The minimum atomic E-state index is -3.19. The first-order valence-electron chi connectivity index (χ1n) is 11.1. The Hall–Kier alpha value is -1.37. The summed E-state index contributed by atoms with van der Waals surface area (Å²) in [5.74, 6) is 0.0985. The molecule has 0 atom stereocenters. The second kappa shape index (κ2) is 13.0. The number of rotatable bonds is 7. The number of unbranched alkanes of at least 4 members (excludes halogenated alkanes) is 1. The van der Waals surface area contributed by atoms with E-state index >= 15 is 0 Å². The maximum Gasteiger partial charge on any atom is 0.218 e. The number of likely N-dealkylation sites (N-methyl/N-ethyl adjacent to an activating group) is 1. The molecule has 1 aromatic heterocycles. The largest absolute Gasteiger partial charge is 0.361 e. The molecule has 0 spiro atoms. The molecular weight excluding hydrogens is 382 g/mol. The van der Waals surface area contributed by atoms with Crippen LogP contribution in [0.3, 0.4) is 0 Å². The van der Waals surface area contributed by atoms with E-state index in [1.165, 1.54) is 18.4 Å². The molecule has 0 bridgehead atoms. The van der Waals surface area contributed by atoms with Crippen LogP contribution in [0.15, 0.2) is 24.4 Å². The Balaban J connectivity index is 0.000000627. The van der Waals surface area contributed by atoms with Gasteiger partial charge in [0.15, 0.2) is 0 Å². The molecule has 1 N–H and O–H groups in total. The summed E-state index contributed by atoms with van der Waals surface area (Å²) in [6.07, 6.45) is 7.58. The normalized spacial score (nSPS) is 14.4. The third-order valence-corrected chi connectivity index (χ3v) is 6.82. The number of H-pyrrole nitrogens is 1. The minimum Gasteiger partial charge on any atom is -0.361 e. The Morgan fingerprint density at radius 2 is 1.69 bits per heavy atom. The van der Waals surface area contributed by atoms with Crippen LogP contribution in [0.1, 0.15) is 64.5 Å². The highest BCUT2D eigenvalue weighted by Crippen LogP contribution is 2.23. The fraction of sp³-hybridized carbons (Fsp3) is 0.652. The highest BCUT2D eigenvalue weighted by atomic mass is 32.2. The Kier molecular flexibility index (Phi) is 11.5. The predicted molar refractivity (Wildman–Crippen MR) is 126 cm³/mol. The number of aromatic amines is 1. The van der Waals surface area contributed by atoms with Gasteiger partial charge in [0.05, 0.1) is 5.75 Å². The quantitative estimate of drug-likeness (QED) is 0.679. The Morgan fingerprint density at radius 3 is 2.24 bits per heavy atom. The van der Waals surface area contributed by atoms with E-state index in [1.54, 1.807) is 4.31 Å². The monoisotopic (exact) mass is 423 g/mol. The van der Waals surface area contributed by atoms with Gasteiger partial charge in [-0.15, -0.1) is 0 Å². The molecule has 0 radical (unpaired) electrons. The van der Waals surface area contributed by atoms with Crippen molar-refractivity contribution in [1.29, 1.82) is 0 Å². The van der Waals surface area contributed by atoms with Gasteiger partial charge in [0.1, 0.15) is 0 Å². The van der Waals surface area contributed by atoms with Crippen LogP contribution >= 0.6 is 0 Å². The molecular formula is C23H41N3O2S. The summed E-state index contributed by atoms with van der Waals surface area (Å²) in [4.78, 5) is 5.43. The predicted octanol–water partition coefficient (Wildman–Crippen LogP) is 5.03. The number of sulfonamides is 1. The van der Waals surface area contributed by atoms with Crippen LogP contribution in [0, 0.1) is 0 Å². The van der Waals surface area contributed by atoms with Crippen LogP contribution in [0.25, 0.3) is 10.9 Å². The van der Waals surface area contributed by atoms with E-state index in [2.05, 4.69) is 37.8 Å². The summed E-state index contributed by atoms with van der Waals surface area (Å²) in [5.41, 5.74) is 3.19. The lowest BCUT2D eigenvalue weighted by atomic mass is 10.1. The molecule has 5 nitrogen and oxygen atoms in total. The maximum atomic E-state index is 12.5. The van der Waals surface area contributed by atoms with Gasteiger partial charge in [-0.3, -0.25) is 0 Å². The van der Waals surface area contributed by atoms with Crippen molar-refractivity contribution in [2.75, 3.05) is 33.7 Å². The average molecular weight is 424 g/mol. The van der Waals surface area contributed by atoms with Crippen molar-refractivity contribution < 1.29 is 8.42 Å². The molecule has 0 unspecified atom stereocenters. The van der Waals surface area contributed by atoms with Crippen molar-refractivity contribution in [2.45, 2.75) is 65.6 Å². The van der Waals surface area contributed by atoms with Crippen molar-refractivity contribution in [3.05, 3.63) is 35.5 Å². The van der Waals surface area contributed by atoms with Gasteiger partial charge in [-0.05, 0) is 56.6 Å². The lowest BCUT2D eigenvalue weighted by Crippen LogP contribution is -2.29. The number of nitrogens with zero attached hydrogens (tertiary/aromatic N) is 2. The van der Waals surface area contributed by atoms with Crippen molar-refractivity contribution in [3.63, 3.8) is 0 Å². The smallest absolute Gasteiger partial charge is 0.218 e. The first-order valence-corrected chi connectivity index (χ1v) is 12.7. The van der Waals surface area contributed by atoms with Gasteiger partial charge >= 0.3 is 0 Å². The van der Waals surface area contributed by atoms with Crippen molar-refractivity contribution in [2.24, 2.45) is 0 Å². The molecule has 3 rings (SSSR count). The van der Waals surface area contributed by atoms with Gasteiger partial charge in [0.25, 0.3) is 0 Å². The number of hydrogen-bond acceptors (Lipinski definition) is 3. The highest BCUT2D eigenvalue weighted by molar-refractivity contribution is 7.88. The van der Waals surface area contributed by atoms with Gasteiger partial charge < -0.3 is 9.88 Å². The van der Waals surface area contributed by atoms with Crippen molar-refractivity contribution in [1.82, 2.24) is 14.2 Å². The van der Waals surface area contributed by atoms with E-state index in [4.69, 9.17) is 0 Å². The number of benzene rings is 1. The van der Waals surface area contributed by atoms with Crippen LogP contribution in [-0.4, -0.2) is 56.3 Å². The van der Waals surface area contributed by atoms with Gasteiger partial charge in [0.2, 0.25) is 10.0 Å². The summed E-state index contributed by atoms with van der Waals surface area (Å²) in [6, 6.07) is 5.94. The fourth-order valence-corrected chi connectivity index (χ4v) is 4.73. The molecule has 0 saturated carbocycles. The summed E-state index contributed by atoms with van der Waals surface area (Å²) < 4.78 is 26.6. The summed E-state index contributed by atoms with van der Waals surface area (Å²) in [7, 11) is 0.928. The molecule has 166 valence electrons. The minimum absolute atomic E-state index is 0.0985. The van der Waals surface area contributed by atoms with E-state index < -0.39 is 10.0 Å². The first kappa shape index (κ1) is 25.7. The molecule has 0 amide bonds. The third kappa shape index (κ3) is 8.11. The Morgan fingerprint density at radius 1 is 1.07 bits per heavy atom. The molecule has 1 fully saturated rings. The molecule has 29 heavy (non-hydrogen) atoms. The summed E-state index contributed by atoms with van der Waals surface area (Å²) in [6.45, 7) is 10.7. The molecule has 6 heteroatoms. The Bertz CT molecular complexity index is 805. The zero-order valence-electron chi connectivity index (χ0n) is 19.3. The van der Waals surface area contributed by atoms with Crippen LogP contribution in [0.5, 0.6) is 0 Å². The zero-order valence-corrected chi connectivity index (χ0v) is 20.1.